The lowest BCUT2D eigenvalue weighted by Crippen LogP contribution is -2.00. The Labute approximate surface area is 126 Å². The van der Waals surface area contributed by atoms with Crippen LogP contribution in [0.5, 0.6) is 0 Å². The van der Waals surface area contributed by atoms with E-state index in [9.17, 15) is 0 Å². The Hall–Kier alpha value is -2.03. The highest BCUT2D eigenvalue weighted by Gasteiger charge is 2.13. The van der Waals surface area contributed by atoms with Crippen LogP contribution in [0.4, 0.5) is 5.69 Å². The van der Waals surface area contributed by atoms with Crippen molar-refractivity contribution in [2.75, 3.05) is 11.9 Å². The van der Waals surface area contributed by atoms with Crippen molar-refractivity contribution in [3.8, 4) is 11.4 Å². The lowest BCUT2D eigenvalue weighted by atomic mass is 10.1. The van der Waals surface area contributed by atoms with Crippen molar-refractivity contribution >= 4 is 16.6 Å². The van der Waals surface area contributed by atoms with Crippen LogP contribution in [0.15, 0.2) is 36.5 Å². The van der Waals surface area contributed by atoms with Gasteiger partial charge in [0, 0.05) is 36.4 Å². The van der Waals surface area contributed by atoms with E-state index in [1.807, 2.05) is 13.2 Å². The number of hydrogen-bond acceptors (Lipinski definition) is 2. The van der Waals surface area contributed by atoms with Gasteiger partial charge in [-0.05, 0) is 36.8 Å². The van der Waals surface area contributed by atoms with Crippen molar-refractivity contribution in [3.63, 3.8) is 0 Å². The number of pyridine rings is 1. The summed E-state index contributed by atoms with van der Waals surface area (Å²) in [5.41, 5.74) is 3.49. The number of nitrogens with zero attached hydrogens (tertiary/aromatic N) is 2. The number of benzene rings is 1. The summed E-state index contributed by atoms with van der Waals surface area (Å²) < 4.78 is 2.08. The molecule has 3 heteroatoms. The summed E-state index contributed by atoms with van der Waals surface area (Å²) in [6.45, 7) is 3.29. The highest BCUT2D eigenvalue weighted by atomic mass is 15.0. The molecule has 21 heavy (non-hydrogen) atoms. The number of rotatable bonds is 6. The number of anilines is 1. The summed E-state index contributed by atoms with van der Waals surface area (Å²) in [6, 6.07) is 10.7. The lowest BCUT2D eigenvalue weighted by molar-refractivity contribution is 0.685. The Kier molecular flexibility index (Phi) is 4.09. The smallest absolute Gasteiger partial charge is 0.140 e. The molecule has 0 unspecified atom stereocenters. The second-order valence-corrected chi connectivity index (χ2v) is 5.69. The molecule has 0 aromatic heterocycles. The molecule has 0 saturated carbocycles. The molecule has 0 radical (unpaired) electrons. The molecule has 0 amide bonds. The highest BCUT2D eigenvalue weighted by Crippen LogP contribution is 2.32. The quantitative estimate of drug-likeness (QED) is 0.665. The molecule has 0 fully saturated rings. The van der Waals surface area contributed by atoms with Gasteiger partial charge in [-0.2, -0.15) is 0 Å². The highest BCUT2D eigenvalue weighted by molar-refractivity contribution is 5.98. The van der Waals surface area contributed by atoms with Crippen molar-refractivity contribution in [3.05, 3.63) is 36.5 Å². The molecule has 0 bridgehead atoms. The molecule has 3 nitrogen and oxygen atoms in total. The minimum atomic E-state index is 1.05. The zero-order valence-corrected chi connectivity index (χ0v) is 12.9. The van der Waals surface area contributed by atoms with Gasteiger partial charge < -0.3 is 9.88 Å². The Morgan fingerprint density at radius 1 is 1.14 bits per heavy atom. The molecule has 0 atom stereocenters. The van der Waals surface area contributed by atoms with E-state index in [0.29, 0.717) is 0 Å². The Bertz CT molecular complexity index is 699. The Morgan fingerprint density at radius 2 is 2.05 bits per heavy atom. The molecular weight excluding hydrogens is 258 g/mol. The van der Waals surface area contributed by atoms with Crippen molar-refractivity contribution in [2.24, 2.45) is 7.05 Å². The summed E-state index contributed by atoms with van der Waals surface area (Å²) in [5, 5.41) is 4.77. The maximum absolute atomic E-state index is 4.71. The van der Waals surface area contributed by atoms with E-state index in [4.69, 9.17) is 4.98 Å². The predicted molar refractivity (Wildman–Crippen MR) is 90.0 cm³/mol. The largest absolute Gasteiger partial charge is 0.385 e. The Balaban J connectivity index is 1.79. The third-order valence-corrected chi connectivity index (χ3v) is 4.02. The molecular formula is C18H23N3. The molecule has 1 N–H and O–H groups in total. The predicted octanol–water partition coefficient (Wildman–Crippen LogP) is 4.67. The molecule has 110 valence electrons. The van der Waals surface area contributed by atoms with E-state index >= 15 is 0 Å². The molecule has 1 aromatic carbocycles. The van der Waals surface area contributed by atoms with Crippen molar-refractivity contribution in [2.45, 2.75) is 32.6 Å². The van der Waals surface area contributed by atoms with Crippen LogP contribution in [0, 0.1) is 0 Å². The minimum Gasteiger partial charge on any atom is -0.385 e. The molecule has 0 spiro atoms. The summed E-state index contributed by atoms with van der Waals surface area (Å²) in [5.74, 6) is 1.05. The van der Waals surface area contributed by atoms with Gasteiger partial charge in [0.15, 0.2) is 0 Å². The molecule has 2 aliphatic heterocycles. The number of fused-ring (bicyclic) bond motifs is 3. The van der Waals surface area contributed by atoms with E-state index < -0.39 is 0 Å². The number of unbranched alkanes of at least 4 members (excludes halogenated alkanes) is 3. The maximum Gasteiger partial charge on any atom is 0.140 e. The van der Waals surface area contributed by atoms with E-state index in [0.717, 1.165) is 17.9 Å². The van der Waals surface area contributed by atoms with Gasteiger partial charge in [0.05, 0.1) is 5.52 Å². The molecule has 2 heterocycles. The fraction of sp³-hybridized carbons (Fsp3) is 0.389. The summed E-state index contributed by atoms with van der Waals surface area (Å²) >= 11 is 0. The van der Waals surface area contributed by atoms with Gasteiger partial charge in [-0.25, -0.2) is 4.98 Å². The second-order valence-electron chi connectivity index (χ2n) is 5.69. The summed E-state index contributed by atoms with van der Waals surface area (Å²) in [6.07, 6.45) is 7.20. The van der Waals surface area contributed by atoms with Crippen LogP contribution in [0.25, 0.3) is 22.3 Å². The third kappa shape index (κ3) is 2.87. The standard InChI is InChI=1S/C18H23N3/c1-3-4-5-6-11-19-14-9-10-17-16(13-14)15-8-7-12-21(2)18(15)20-17/h7-10,12-13,19H,3-6,11H2,1-2H3. The van der Waals surface area contributed by atoms with Gasteiger partial charge in [0.1, 0.15) is 5.82 Å². The number of aryl methyl sites for hydroxylation is 1. The average Bonchev–Trinajstić information content (AvgIpc) is 2.87. The van der Waals surface area contributed by atoms with Crippen LogP contribution in [-0.2, 0) is 7.05 Å². The van der Waals surface area contributed by atoms with Crippen LogP contribution >= 0.6 is 0 Å². The van der Waals surface area contributed by atoms with Gasteiger partial charge in [-0.15, -0.1) is 0 Å². The normalized spacial score (nSPS) is 11.3. The average molecular weight is 281 g/mol. The van der Waals surface area contributed by atoms with E-state index in [2.05, 4.69) is 47.1 Å². The second kappa shape index (κ2) is 6.17. The van der Waals surface area contributed by atoms with E-state index in [-0.39, 0.29) is 0 Å². The zero-order chi connectivity index (χ0) is 14.7. The molecule has 3 rings (SSSR count). The topological polar surface area (TPSA) is 29.9 Å². The van der Waals surface area contributed by atoms with Crippen LogP contribution in [0.1, 0.15) is 32.6 Å². The molecule has 1 aromatic rings. The van der Waals surface area contributed by atoms with Crippen LogP contribution in [-0.4, -0.2) is 16.1 Å². The van der Waals surface area contributed by atoms with Crippen molar-refractivity contribution in [1.29, 1.82) is 0 Å². The Morgan fingerprint density at radius 3 is 2.90 bits per heavy atom. The van der Waals surface area contributed by atoms with E-state index in [1.54, 1.807) is 0 Å². The first-order valence-electron chi connectivity index (χ1n) is 7.88. The van der Waals surface area contributed by atoms with E-state index in [1.165, 1.54) is 42.3 Å². The first-order valence-corrected chi connectivity index (χ1v) is 7.88. The molecule has 2 aliphatic rings. The first kappa shape index (κ1) is 13.9. The summed E-state index contributed by atoms with van der Waals surface area (Å²) in [7, 11) is 2.04. The van der Waals surface area contributed by atoms with Gasteiger partial charge in [0.2, 0.25) is 0 Å². The number of nitrogens with one attached hydrogen (secondary N) is 1. The van der Waals surface area contributed by atoms with Gasteiger partial charge in [-0.1, -0.05) is 26.2 Å². The van der Waals surface area contributed by atoms with Crippen LogP contribution in [0.3, 0.4) is 0 Å². The summed E-state index contributed by atoms with van der Waals surface area (Å²) in [4.78, 5) is 4.71. The van der Waals surface area contributed by atoms with Gasteiger partial charge >= 0.3 is 0 Å². The van der Waals surface area contributed by atoms with Crippen molar-refractivity contribution in [1.82, 2.24) is 9.55 Å². The monoisotopic (exact) mass is 281 g/mol. The SMILES string of the molecule is CCCCCCNc1ccc2nc3n(C)cccc-3c2c1. The third-order valence-electron chi connectivity index (χ3n) is 4.02. The maximum atomic E-state index is 4.71. The zero-order valence-electron chi connectivity index (χ0n) is 12.9. The van der Waals surface area contributed by atoms with Gasteiger partial charge in [0.25, 0.3) is 0 Å². The molecule has 0 aliphatic carbocycles. The first-order chi connectivity index (χ1) is 10.3. The van der Waals surface area contributed by atoms with Crippen LogP contribution in [0.2, 0.25) is 0 Å². The van der Waals surface area contributed by atoms with Crippen molar-refractivity contribution < 1.29 is 0 Å². The molecule has 0 saturated heterocycles. The minimum absolute atomic E-state index is 1.05. The lowest BCUT2D eigenvalue weighted by Gasteiger charge is -2.07. The fourth-order valence-corrected chi connectivity index (χ4v) is 2.81. The number of hydrogen-bond donors (Lipinski definition) is 1. The number of aromatic nitrogens is 2. The van der Waals surface area contributed by atoms with Gasteiger partial charge in [-0.3, -0.25) is 0 Å². The van der Waals surface area contributed by atoms with Crippen LogP contribution < -0.4 is 5.32 Å². The fourth-order valence-electron chi connectivity index (χ4n) is 2.81.